The van der Waals surface area contributed by atoms with Gasteiger partial charge in [0, 0.05) is 11.5 Å². The Balaban J connectivity index is 2.85. The minimum atomic E-state index is -0.478. The van der Waals surface area contributed by atoms with E-state index in [0.717, 1.165) is 28.6 Å². The average Bonchev–Trinajstić information content (AvgIpc) is 2.42. The van der Waals surface area contributed by atoms with Gasteiger partial charge >= 0.3 is 0 Å². The number of hydrogen-bond acceptors (Lipinski definition) is 1. The lowest BCUT2D eigenvalue weighted by Gasteiger charge is -2.22. The molecule has 1 aromatic heterocycles. The third-order valence-corrected chi connectivity index (χ3v) is 3.23. The Labute approximate surface area is 98.2 Å². The van der Waals surface area contributed by atoms with E-state index in [0.29, 0.717) is 0 Å². The lowest BCUT2D eigenvalue weighted by molar-refractivity contribution is 0.282. The molecule has 0 aliphatic heterocycles. The first-order chi connectivity index (χ1) is 6.47. The standard InChI is InChI=1S/C11H16FIO/c1-4-5-6-11(2,3)10-8(13)7-9(12)14-10/h7H,4-6H2,1-3H3. The number of rotatable bonds is 4. The minimum absolute atomic E-state index is 0.0587. The molecule has 0 aliphatic carbocycles. The van der Waals surface area contributed by atoms with Crippen LogP contribution in [0.25, 0.3) is 0 Å². The molecule has 0 saturated carbocycles. The Hall–Kier alpha value is -0.0600. The Morgan fingerprint density at radius 1 is 1.50 bits per heavy atom. The van der Waals surface area contributed by atoms with Crippen LogP contribution in [0.2, 0.25) is 0 Å². The summed E-state index contributed by atoms with van der Waals surface area (Å²) in [5, 5.41) is 0. The largest absolute Gasteiger partial charge is 0.434 e. The molecule has 0 N–H and O–H groups in total. The molecule has 80 valence electrons. The Morgan fingerprint density at radius 2 is 2.14 bits per heavy atom. The van der Waals surface area contributed by atoms with Crippen molar-refractivity contribution in [2.24, 2.45) is 0 Å². The van der Waals surface area contributed by atoms with E-state index in [4.69, 9.17) is 4.42 Å². The van der Waals surface area contributed by atoms with Crippen molar-refractivity contribution >= 4 is 22.6 Å². The molecule has 0 aromatic carbocycles. The fourth-order valence-electron chi connectivity index (χ4n) is 1.53. The SMILES string of the molecule is CCCCC(C)(C)c1oc(F)cc1I. The smallest absolute Gasteiger partial charge is 0.279 e. The molecule has 0 atom stereocenters. The number of unbranched alkanes of at least 4 members (excludes halogenated alkanes) is 1. The van der Waals surface area contributed by atoms with E-state index in [2.05, 4.69) is 43.4 Å². The molecule has 0 saturated heterocycles. The van der Waals surface area contributed by atoms with Gasteiger partial charge in [-0.05, 0) is 29.0 Å². The fraction of sp³-hybridized carbons (Fsp3) is 0.636. The van der Waals surface area contributed by atoms with E-state index < -0.39 is 6.01 Å². The van der Waals surface area contributed by atoms with Gasteiger partial charge in [0.15, 0.2) is 0 Å². The second-order valence-corrected chi connectivity index (χ2v) is 5.38. The van der Waals surface area contributed by atoms with Crippen LogP contribution in [-0.4, -0.2) is 0 Å². The highest BCUT2D eigenvalue weighted by molar-refractivity contribution is 14.1. The number of furan rings is 1. The second-order valence-electron chi connectivity index (χ2n) is 4.22. The van der Waals surface area contributed by atoms with Gasteiger partial charge in [0.1, 0.15) is 5.76 Å². The highest BCUT2D eigenvalue weighted by atomic mass is 127. The van der Waals surface area contributed by atoms with Gasteiger partial charge in [0.2, 0.25) is 0 Å². The molecule has 14 heavy (non-hydrogen) atoms. The Kier molecular flexibility index (Phi) is 3.98. The van der Waals surface area contributed by atoms with Gasteiger partial charge in [0.25, 0.3) is 6.01 Å². The lowest BCUT2D eigenvalue weighted by atomic mass is 9.85. The molecule has 1 aromatic rings. The first-order valence-electron chi connectivity index (χ1n) is 4.92. The summed E-state index contributed by atoms with van der Waals surface area (Å²) in [5.41, 5.74) is -0.0587. The van der Waals surface area contributed by atoms with E-state index >= 15 is 0 Å². The van der Waals surface area contributed by atoms with Gasteiger partial charge in [-0.3, -0.25) is 0 Å². The molecule has 3 heteroatoms. The molecular formula is C11H16FIO. The zero-order valence-corrected chi connectivity index (χ0v) is 11.0. The van der Waals surface area contributed by atoms with Crippen LogP contribution >= 0.6 is 22.6 Å². The molecule has 0 fully saturated rings. The molecule has 1 nitrogen and oxygen atoms in total. The molecule has 0 bridgehead atoms. The van der Waals surface area contributed by atoms with Gasteiger partial charge in [-0.15, -0.1) is 0 Å². The van der Waals surface area contributed by atoms with Crippen LogP contribution in [-0.2, 0) is 5.41 Å². The average molecular weight is 310 g/mol. The monoisotopic (exact) mass is 310 g/mol. The molecule has 1 heterocycles. The second kappa shape index (κ2) is 4.64. The summed E-state index contributed by atoms with van der Waals surface area (Å²) in [6.07, 6.45) is 3.33. The maximum Gasteiger partial charge on any atom is 0.279 e. The fourth-order valence-corrected chi connectivity index (χ4v) is 2.62. The molecule has 0 aliphatic rings. The van der Waals surface area contributed by atoms with Gasteiger partial charge < -0.3 is 4.42 Å². The van der Waals surface area contributed by atoms with Crippen LogP contribution in [0.1, 0.15) is 45.8 Å². The van der Waals surface area contributed by atoms with Gasteiger partial charge in [-0.25, -0.2) is 0 Å². The summed E-state index contributed by atoms with van der Waals surface area (Å²) in [5.74, 6) is 0.782. The van der Waals surface area contributed by atoms with Crippen molar-refractivity contribution in [1.82, 2.24) is 0 Å². The van der Waals surface area contributed by atoms with E-state index in [-0.39, 0.29) is 5.41 Å². The minimum Gasteiger partial charge on any atom is -0.434 e. The first kappa shape index (κ1) is 12.0. The maximum atomic E-state index is 12.9. The van der Waals surface area contributed by atoms with Crippen molar-refractivity contribution in [2.45, 2.75) is 45.4 Å². The summed E-state index contributed by atoms with van der Waals surface area (Å²) < 4.78 is 18.9. The van der Waals surface area contributed by atoms with Gasteiger partial charge in [-0.1, -0.05) is 33.6 Å². The molecule has 0 amide bonds. The molecule has 0 spiro atoms. The van der Waals surface area contributed by atoms with Crippen molar-refractivity contribution < 1.29 is 8.81 Å². The Bertz CT molecular complexity index is 304. The number of hydrogen-bond donors (Lipinski definition) is 0. The summed E-state index contributed by atoms with van der Waals surface area (Å²) in [7, 11) is 0. The van der Waals surface area contributed by atoms with Crippen LogP contribution < -0.4 is 0 Å². The normalized spacial score (nSPS) is 12.1. The van der Waals surface area contributed by atoms with Crippen LogP contribution in [0.4, 0.5) is 4.39 Å². The van der Waals surface area contributed by atoms with Crippen LogP contribution in [0, 0.1) is 9.58 Å². The van der Waals surface area contributed by atoms with E-state index in [9.17, 15) is 4.39 Å². The topological polar surface area (TPSA) is 13.1 Å². The van der Waals surface area contributed by atoms with Gasteiger partial charge in [-0.2, -0.15) is 4.39 Å². The zero-order valence-electron chi connectivity index (χ0n) is 8.86. The number of halogens is 2. The summed E-state index contributed by atoms with van der Waals surface area (Å²) in [6, 6.07) is 0.970. The summed E-state index contributed by atoms with van der Waals surface area (Å²) in [4.78, 5) is 0. The Morgan fingerprint density at radius 3 is 2.57 bits per heavy atom. The predicted molar refractivity (Wildman–Crippen MR) is 63.9 cm³/mol. The van der Waals surface area contributed by atoms with Crippen molar-refractivity contribution in [3.05, 3.63) is 21.4 Å². The van der Waals surface area contributed by atoms with Crippen molar-refractivity contribution in [1.29, 1.82) is 0 Å². The quantitative estimate of drug-likeness (QED) is 0.747. The van der Waals surface area contributed by atoms with Crippen molar-refractivity contribution in [3.63, 3.8) is 0 Å². The predicted octanol–water partition coefficient (Wildman–Crippen LogP) is 4.49. The molecular weight excluding hydrogens is 294 g/mol. The van der Waals surface area contributed by atoms with Crippen LogP contribution in [0.5, 0.6) is 0 Å². The highest BCUT2D eigenvalue weighted by Gasteiger charge is 2.27. The molecule has 0 unspecified atom stereocenters. The van der Waals surface area contributed by atoms with Gasteiger partial charge in [0.05, 0.1) is 3.57 Å². The molecule has 1 rings (SSSR count). The van der Waals surface area contributed by atoms with E-state index in [1.165, 1.54) is 6.07 Å². The highest BCUT2D eigenvalue weighted by Crippen LogP contribution is 2.33. The van der Waals surface area contributed by atoms with Crippen LogP contribution in [0.15, 0.2) is 10.5 Å². The van der Waals surface area contributed by atoms with E-state index in [1.54, 1.807) is 0 Å². The third kappa shape index (κ3) is 2.72. The third-order valence-electron chi connectivity index (χ3n) is 2.43. The van der Waals surface area contributed by atoms with Crippen LogP contribution in [0.3, 0.4) is 0 Å². The van der Waals surface area contributed by atoms with Crippen molar-refractivity contribution in [2.75, 3.05) is 0 Å². The molecule has 0 radical (unpaired) electrons. The van der Waals surface area contributed by atoms with E-state index in [1.807, 2.05) is 0 Å². The first-order valence-corrected chi connectivity index (χ1v) is 6.00. The lowest BCUT2D eigenvalue weighted by Crippen LogP contribution is -2.17. The zero-order chi connectivity index (χ0) is 10.8. The summed E-state index contributed by atoms with van der Waals surface area (Å²) in [6.45, 7) is 6.36. The van der Waals surface area contributed by atoms with Crippen molar-refractivity contribution in [3.8, 4) is 0 Å². The summed E-state index contributed by atoms with van der Waals surface area (Å²) >= 11 is 2.12. The maximum absolute atomic E-state index is 12.9.